The van der Waals surface area contributed by atoms with Crippen molar-refractivity contribution in [2.24, 2.45) is 11.8 Å². The van der Waals surface area contributed by atoms with Crippen molar-refractivity contribution in [2.75, 3.05) is 54.1 Å². The second-order valence-corrected chi connectivity index (χ2v) is 10.9. The number of hydrogen-bond acceptors (Lipinski definition) is 7. The Bertz CT molecular complexity index is 992. The molecule has 0 radical (unpaired) electrons. The fourth-order valence-electron chi connectivity index (χ4n) is 4.77. The second kappa shape index (κ2) is 9.32. The summed E-state index contributed by atoms with van der Waals surface area (Å²) in [5.74, 6) is -1.24. The number of sulfone groups is 1. The summed E-state index contributed by atoms with van der Waals surface area (Å²) in [6, 6.07) is 2.19. The number of ether oxygens (including phenoxy) is 2. The maximum absolute atomic E-state index is 15.0. The molecule has 3 saturated heterocycles. The van der Waals surface area contributed by atoms with E-state index in [2.05, 4.69) is 5.32 Å². The molecule has 3 aliphatic rings. The number of carbonyl (C=O) groups is 2. The standard InChI is InChI=1S/C21H27F2N3O6S/c1-2-31-20(27)24-9-16-12-26(21(28)32-16)15-7-17(22)19(18(23)8-15)25-10-13-3-5-33(29,30)6-4-14(13)11-25/h7-8,13-14,16H,2-6,9-12H2,1H3,(H,24,27)/t13?,14?,16-/m0/s1. The molecule has 2 amide bonds. The van der Waals surface area contributed by atoms with Crippen LogP contribution in [0.1, 0.15) is 19.8 Å². The van der Waals surface area contributed by atoms with Crippen molar-refractivity contribution in [3.05, 3.63) is 23.8 Å². The SMILES string of the molecule is CCOC(=O)NC[C@H]1CN(c2cc(F)c(N3CC4CCS(=O)(=O)CCC4C3)c(F)c2)C(=O)O1. The predicted octanol–water partition coefficient (Wildman–Crippen LogP) is 2.30. The zero-order valence-electron chi connectivity index (χ0n) is 18.3. The van der Waals surface area contributed by atoms with Crippen molar-refractivity contribution in [3.63, 3.8) is 0 Å². The average Bonchev–Trinajstić information content (AvgIpc) is 3.28. The summed E-state index contributed by atoms with van der Waals surface area (Å²) < 4.78 is 63.7. The van der Waals surface area contributed by atoms with Gasteiger partial charge in [0.25, 0.3) is 0 Å². The summed E-state index contributed by atoms with van der Waals surface area (Å²) in [6.45, 7) is 2.67. The normalized spacial score (nSPS) is 26.5. The highest BCUT2D eigenvalue weighted by Crippen LogP contribution is 2.38. The largest absolute Gasteiger partial charge is 0.450 e. The van der Waals surface area contributed by atoms with E-state index in [1.807, 2.05) is 0 Å². The Kier molecular flexibility index (Phi) is 6.64. The Morgan fingerprint density at radius 1 is 1.15 bits per heavy atom. The van der Waals surface area contributed by atoms with Gasteiger partial charge in [-0.2, -0.15) is 0 Å². The van der Waals surface area contributed by atoms with Gasteiger partial charge in [0.1, 0.15) is 21.6 Å². The first-order valence-corrected chi connectivity index (χ1v) is 12.8. The lowest BCUT2D eigenvalue weighted by Crippen LogP contribution is -2.35. The van der Waals surface area contributed by atoms with E-state index < -0.39 is 39.8 Å². The third-order valence-corrected chi connectivity index (χ3v) is 8.14. The van der Waals surface area contributed by atoms with Crippen LogP contribution in [0.3, 0.4) is 0 Å². The van der Waals surface area contributed by atoms with E-state index in [4.69, 9.17) is 9.47 Å². The second-order valence-electron chi connectivity index (χ2n) is 8.63. The molecule has 0 aliphatic carbocycles. The van der Waals surface area contributed by atoms with Crippen LogP contribution in [0.15, 0.2) is 12.1 Å². The van der Waals surface area contributed by atoms with Crippen LogP contribution in [-0.4, -0.2) is 71.0 Å². The summed E-state index contributed by atoms with van der Waals surface area (Å²) in [7, 11) is -3.04. The van der Waals surface area contributed by atoms with Crippen LogP contribution in [0.4, 0.5) is 29.7 Å². The Labute approximate surface area is 190 Å². The van der Waals surface area contributed by atoms with Crippen LogP contribution in [0.2, 0.25) is 0 Å². The van der Waals surface area contributed by atoms with Gasteiger partial charge in [0.05, 0.1) is 36.9 Å². The molecular formula is C21H27F2N3O6S. The van der Waals surface area contributed by atoms with E-state index in [-0.39, 0.29) is 54.4 Å². The molecule has 1 aromatic carbocycles. The fourth-order valence-corrected chi connectivity index (χ4v) is 6.30. The molecule has 182 valence electrons. The molecule has 0 aromatic heterocycles. The number of anilines is 2. The molecule has 33 heavy (non-hydrogen) atoms. The molecule has 9 nitrogen and oxygen atoms in total. The summed E-state index contributed by atoms with van der Waals surface area (Å²) in [4.78, 5) is 26.4. The van der Waals surface area contributed by atoms with E-state index in [0.717, 1.165) is 17.0 Å². The van der Waals surface area contributed by atoms with Crippen LogP contribution >= 0.6 is 0 Å². The first kappa shape index (κ1) is 23.5. The van der Waals surface area contributed by atoms with Gasteiger partial charge >= 0.3 is 12.2 Å². The molecule has 3 atom stereocenters. The number of benzene rings is 1. The number of halogens is 2. The molecular weight excluding hydrogens is 460 g/mol. The van der Waals surface area contributed by atoms with Gasteiger partial charge in [-0.05, 0) is 31.6 Å². The van der Waals surface area contributed by atoms with Gasteiger partial charge in [-0.25, -0.2) is 26.8 Å². The third-order valence-electron chi connectivity index (χ3n) is 6.43. The van der Waals surface area contributed by atoms with E-state index in [1.54, 1.807) is 11.8 Å². The lowest BCUT2D eigenvalue weighted by Gasteiger charge is -2.22. The van der Waals surface area contributed by atoms with Gasteiger partial charge in [0.15, 0.2) is 11.6 Å². The first-order chi connectivity index (χ1) is 15.7. The van der Waals surface area contributed by atoms with E-state index in [1.165, 1.54) is 0 Å². The van der Waals surface area contributed by atoms with Gasteiger partial charge in [-0.15, -0.1) is 0 Å². The zero-order chi connectivity index (χ0) is 23.8. The van der Waals surface area contributed by atoms with Gasteiger partial charge in [-0.1, -0.05) is 0 Å². The molecule has 12 heteroatoms. The zero-order valence-corrected chi connectivity index (χ0v) is 19.1. The van der Waals surface area contributed by atoms with E-state index in [0.29, 0.717) is 25.9 Å². The molecule has 3 fully saturated rings. The summed E-state index contributed by atoms with van der Waals surface area (Å²) in [5, 5.41) is 2.46. The van der Waals surface area contributed by atoms with Crippen molar-refractivity contribution in [3.8, 4) is 0 Å². The number of carbonyl (C=O) groups excluding carboxylic acids is 2. The van der Waals surface area contributed by atoms with Gasteiger partial charge in [0.2, 0.25) is 0 Å². The number of cyclic esters (lactones) is 1. The Hall–Kier alpha value is -2.63. The lowest BCUT2D eigenvalue weighted by atomic mass is 9.92. The number of nitrogens with one attached hydrogen (secondary N) is 1. The fraction of sp³-hybridized carbons (Fsp3) is 0.619. The van der Waals surface area contributed by atoms with Crippen molar-refractivity contribution in [2.45, 2.75) is 25.9 Å². The average molecular weight is 488 g/mol. The third kappa shape index (κ3) is 5.15. The highest BCUT2D eigenvalue weighted by Gasteiger charge is 2.39. The van der Waals surface area contributed by atoms with Crippen molar-refractivity contribution in [1.29, 1.82) is 0 Å². The van der Waals surface area contributed by atoms with Crippen LogP contribution < -0.4 is 15.1 Å². The number of alkyl carbamates (subject to hydrolysis) is 1. The topological polar surface area (TPSA) is 105 Å². The molecule has 0 spiro atoms. The molecule has 0 saturated carbocycles. The molecule has 3 heterocycles. The highest BCUT2D eigenvalue weighted by atomic mass is 32.2. The van der Waals surface area contributed by atoms with Crippen molar-refractivity contribution >= 4 is 33.4 Å². The Balaban J connectivity index is 1.44. The Morgan fingerprint density at radius 2 is 1.76 bits per heavy atom. The van der Waals surface area contributed by atoms with E-state index in [9.17, 15) is 18.0 Å². The number of amides is 2. The Morgan fingerprint density at radius 3 is 2.33 bits per heavy atom. The lowest BCUT2D eigenvalue weighted by molar-refractivity contribution is 0.127. The number of nitrogens with zero attached hydrogens (tertiary/aromatic N) is 2. The minimum absolute atomic E-state index is 0.0103. The number of hydrogen-bond donors (Lipinski definition) is 1. The van der Waals surface area contributed by atoms with Crippen LogP contribution in [0, 0.1) is 23.5 Å². The van der Waals surface area contributed by atoms with E-state index >= 15 is 8.78 Å². The molecule has 4 rings (SSSR count). The van der Waals surface area contributed by atoms with Crippen molar-refractivity contribution < 1.29 is 36.3 Å². The van der Waals surface area contributed by atoms with Crippen LogP contribution in [0.25, 0.3) is 0 Å². The van der Waals surface area contributed by atoms with Crippen molar-refractivity contribution in [1.82, 2.24) is 5.32 Å². The van der Waals surface area contributed by atoms with Gasteiger partial charge in [0, 0.05) is 25.2 Å². The quantitative estimate of drug-likeness (QED) is 0.680. The molecule has 1 aromatic rings. The molecule has 1 N–H and O–H groups in total. The maximum Gasteiger partial charge on any atom is 0.414 e. The minimum atomic E-state index is -3.04. The molecule has 3 aliphatic heterocycles. The van der Waals surface area contributed by atoms with Gasteiger partial charge < -0.3 is 19.7 Å². The number of rotatable bonds is 5. The molecule has 0 bridgehead atoms. The maximum atomic E-state index is 15.0. The molecule has 2 unspecified atom stereocenters. The summed E-state index contributed by atoms with van der Waals surface area (Å²) in [6.07, 6.45) is -1.11. The predicted molar refractivity (Wildman–Crippen MR) is 116 cm³/mol. The van der Waals surface area contributed by atoms with Crippen LogP contribution in [0.5, 0.6) is 0 Å². The summed E-state index contributed by atoms with van der Waals surface area (Å²) in [5.41, 5.74) is -0.139. The van der Waals surface area contributed by atoms with Gasteiger partial charge in [-0.3, -0.25) is 4.90 Å². The van der Waals surface area contributed by atoms with Crippen LogP contribution in [-0.2, 0) is 19.3 Å². The monoisotopic (exact) mass is 487 g/mol. The minimum Gasteiger partial charge on any atom is -0.450 e. The highest BCUT2D eigenvalue weighted by molar-refractivity contribution is 7.91. The first-order valence-electron chi connectivity index (χ1n) is 11.0. The smallest absolute Gasteiger partial charge is 0.414 e. The summed E-state index contributed by atoms with van der Waals surface area (Å²) >= 11 is 0. The number of fused-ring (bicyclic) bond motifs is 1.